The van der Waals surface area contributed by atoms with Gasteiger partial charge in [-0.15, -0.1) is 0 Å². The molecule has 0 fully saturated rings. The zero-order valence-electron chi connectivity index (χ0n) is 19.4. The number of carbonyl (C=O) groups is 1. The molecule has 0 bridgehead atoms. The molecule has 1 N–H and O–H groups in total. The van der Waals surface area contributed by atoms with Gasteiger partial charge in [0.15, 0.2) is 16.9 Å². The van der Waals surface area contributed by atoms with E-state index in [1.807, 2.05) is 39.8 Å². The molecule has 0 spiro atoms. The predicted molar refractivity (Wildman–Crippen MR) is 129 cm³/mol. The maximum absolute atomic E-state index is 13.8. The highest BCUT2D eigenvalue weighted by molar-refractivity contribution is 6.10. The summed E-state index contributed by atoms with van der Waals surface area (Å²) in [6.45, 7) is 7.87. The van der Waals surface area contributed by atoms with Crippen molar-refractivity contribution in [2.24, 2.45) is 0 Å². The molecule has 0 saturated heterocycles. The van der Waals surface area contributed by atoms with E-state index in [1.165, 1.54) is 11.0 Å². The fourth-order valence-electron chi connectivity index (χ4n) is 4.41. The Balaban J connectivity index is 1.82. The van der Waals surface area contributed by atoms with Gasteiger partial charge in [0.05, 0.1) is 23.6 Å². The Hall–Kier alpha value is -4.13. The third-order valence-electron chi connectivity index (χ3n) is 6.21. The van der Waals surface area contributed by atoms with Crippen LogP contribution in [0.15, 0.2) is 57.7 Å². The number of anilines is 1. The lowest BCUT2D eigenvalue weighted by Crippen LogP contribution is -2.30. The van der Waals surface area contributed by atoms with Gasteiger partial charge < -0.3 is 14.3 Å². The highest BCUT2D eigenvalue weighted by Crippen LogP contribution is 2.42. The monoisotopic (exact) mass is 456 g/mol. The number of fused-ring (bicyclic) bond motifs is 2. The Morgan fingerprint density at radius 2 is 1.82 bits per heavy atom. The van der Waals surface area contributed by atoms with Crippen molar-refractivity contribution < 1.29 is 19.1 Å². The maximum atomic E-state index is 13.8. The van der Waals surface area contributed by atoms with Gasteiger partial charge >= 0.3 is 0 Å². The number of aryl methyl sites for hydroxylation is 3. The van der Waals surface area contributed by atoms with Crippen LogP contribution in [-0.4, -0.2) is 22.6 Å². The zero-order chi connectivity index (χ0) is 24.1. The first-order valence-electron chi connectivity index (χ1n) is 11.1. The lowest BCUT2D eigenvalue weighted by atomic mass is 9.97. The number of nitrogens with zero attached hydrogens (tertiary/aromatic N) is 2. The maximum Gasteiger partial charge on any atom is 0.296 e. The van der Waals surface area contributed by atoms with Crippen LogP contribution in [0.2, 0.25) is 0 Å². The van der Waals surface area contributed by atoms with Gasteiger partial charge in [-0.25, -0.2) is 4.98 Å². The van der Waals surface area contributed by atoms with E-state index in [4.69, 9.17) is 9.15 Å². The molecule has 172 valence electrons. The van der Waals surface area contributed by atoms with Crippen LogP contribution in [0, 0.1) is 20.8 Å². The van der Waals surface area contributed by atoms with Gasteiger partial charge in [0.1, 0.15) is 11.4 Å². The average Bonchev–Trinajstić information content (AvgIpc) is 3.09. The lowest BCUT2D eigenvalue weighted by Gasteiger charge is -2.25. The summed E-state index contributed by atoms with van der Waals surface area (Å²) in [6.07, 6.45) is 0. The second-order valence-corrected chi connectivity index (χ2v) is 8.48. The van der Waals surface area contributed by atoms with E-state index in [1.54, 1.807) is 30.3 Å². The molecule has 0 aliphatic carbocycles. The summed E-state index contributed by atoms with van der Waals surface area (Å²) in [4.78, 5) is 33.5. The Labute approximate surface area is 196 Å². The molecule has 1 aliphatic heterocycles. The number of pyridine rings is 1. The number of ether oxygens (including phenoxy) is 1. The average molecular weight is 456 g/mol. The Morgan fingerprint density at radius 1 is 1.06 bits per heavy atom. The summed E-state index contributed by atoms with van der Waals surface area (Å²) in [6, 6.07) is 13.0. The molecule has 0 radical (unpaired) electrons. The van der Waals surface area contributed by atoms with Crippen molar-refractivity contribution in [2.75, 3.05) is 11.5 Å². The highest BCUT2D eigenvalue weighted by Gasteiger charge is 2.44. The van der Waals surface area contributed by atoms with Crippen molar-refractivity contribution >= 4 is 22.7 Å². The Morgan fingerprint density at radius 3 is 2.56 bits per heavy atom. The van der Waals surface area contributed by atoms with E-state index in [2.05, 4.69) is 4.98 Å². The number of amides is 1. The standard InChI is InChI=1S/C27H24N2O5/c1-5-33-21-13-17(9-10-19(21)30)24-23-25(31)18-11-14(2)15(3)12-20(18)34-26(23)27(32)29(24)22-8-6-7-16(4)28-22/h6-13,24,30H,5H2,1-4H3. The number of aromatic hydroxyl groups is 1. The molecule has 5 rings (SSSR count). The van der Waals surface area contributed by atoms with Crippen LogP contribution in [-0.2, 0) is 0 Å². The van der Waals surface area contributed by atoms with Gasteiger partial charge in [-0.3, -0.25) is 14.5 Å². The van der Waals surface area contributed by atoms with Crippen molar-refractivity contribution in [3.8, 4) is 11.5 Å². The molecular formula is C27H24N2O5. The van der Waals surface area contributed by atoms with Crippen molar-refractivity contribution in [1.29, 1.82) is 0 Å². The van der Waals surface area contributed by atoms with Crippen molar-refractivity contribution in [3.05, 3.63) is 92.5 Å². The zero-order valence-corrected chi connectivity index (χ0v) is 19.4. The van der Waals surface area contributed by atoms with Gasteiger partial charge in [0.25, 0.3) is 5.91 Å². The highest BCUT2D eigenvalue weighted by atomic mass is 16.5. The number of hydrogen-bond donors (Lipinski definition) is 1. The molecule has 3 heterocycles. The van der Waals surface area contributed by atoms with Crippen molar-refractivity contribution in [1.82, 2.24) is 4.98 Å². The number of benzene rings is 2. The van der Waals surface area contributed by atoms with Crippen LogP contribution >= 0.6 is 0 Å². The molecule has 1 amide bonds. The van der Waals surface area contributed by atoms with E-state index >= 15 is 0 Å². The first-order valence-corrected chi connectivity index (χ1v) is 11.1. The number of hydrogen-bond acceptors (Lipinski definition) is 6. The fourth-order valence-corrected chi connectivity index (χ4v) is 4.41. The minimum absolute atomic E-state index is 0.0000871. The molecule has 0 saturated carbocycles. The number of aromatic nitrogens is 1. The number of phenolic OH excluding ortho intramolecular Hbond substituents is 1. The number of phenols is 1. The molecule has 34 heavy (non-hydrogen) atoms. The smallest absolute Gasteiger partial charge is 0.296 e. The van der Waals surface area contributed by atoms with Crippen LogP contribution < -0.4 is 15.1 Å². The fraction of sp³-hybridized carbons (Fsp3) is 0.222. The summed E-state index contributed by atoms with van der Waals surface area (Å²) in [7, 11) is 0. The molecule has 2 aromatic heterocycles. The summed E-state index contributed by atoms with van der Waals surface area (Å²) in [5, 5.41) is 10.6. The second-order valence-electron chi connectivity index (χ2n) is 8.48. The number of carbonyl (C=O) groups excluding carboxylic acids is 1. The van der Waals surface area contributed by atoms with Gasteiger partial charge in [-0.05, 0) is 80.8 Å². The molecule has 7 nitrogen and oxygen atoms in total. The van der Waals surface area contributed by atoms with Crippen LogP contribution in [0.25, 0.3) is 11.0 Å². The molecule has 1 atom stereocenters. The Kier molecular flexibility index (Phi) is 5.12. The van der Waals surface area contributed by atoms with Crippen molar-refractivity contribution in [3.63, 3.8) is 0 Å². The molecular weight excluding hydrogens is 432 g/mol. The third kappa shape index (κ3) is 3.32. The topological polar surface area (TPSA) is 92.9 Å². The minimum Gasteiger partial charge on any atom is -0.504 e. The van der Waals surface area contributed by atoms with Gasteiger partial charge in [0, 0.05) is 5.69 Å². The van der Waals surface area contributed by atoms with E-state index < -0.39 is 11.9 Å². The van der Waals surface area contributed by atoms with E-state index in [9.17, 15) is 14.7 Å². The van der Waals surface area contributed by atoms with Crippen LogP contribution in [0.1, 0.15) is 51.5 Å². The van der Waals surface area contributed by atoms with E-state index in [0.717, 1.165) is 16.8 Å². The van der Waals surface area contributed by atoms with Gasteiger partial charge in [0.2, 0.25) is 5.76 Å². The molecule has 1 aliphatic rings. The van der Waals surface area contributed by atoms with Crippen LogP contribution in [0.4, 0.5) is 5.82 Å². The van der Waals surface area contributed by atoms with Crippen LogP contribution in [0.3, 0.4) is 0 Å². The third-order valence-corrected chi connectivity index (χ3v) is 6.21. The van der Waals surface area contributed by atoms with E-state index in [0.29, 0.717) is 29.0 Å². The molecule has 4 aromatic rings. The predicted octanol–water partition coefficient (Wildman–Crippen LogP) is 4.97. The second kappa shape index (κ2) is 8.02. The van der Waals surface area contributed by atoms with Crippen molar-refractivity contribution in [2.45, 2.75) is 33.7 Å². The Bertz CT molecular complexity index is 1520. The largest absolute Gasteiger partial charge is 0.504 e. The normalized spacial score (nSPS) is 15.1. The van der Waals surface area contributed by atoms with E-state index in [-0.39, 0.29) is 28.3 Å². The lowest BCUT2D eigenvalue weighted by molar-refractivity contribution is 0.0970. The molecule has 7 heteroatoms. The quantitative estimate of drug-likeness (QED) is 0.466. The first kappa shape index (κ1) is 21.7. The first-order chi connectivity index (χ1) is 16.3. The molecule has 2 aromatic carbocycles. The minimum atomic E-state index is -0.793. The summed E-state index contributed by atoms with van der Waals surface area (Å²) < 4.78 is 11.6. The van der Waals surface area contributed by atoms with Gasteiger partial charge in [-0.1, -0.05) is 12.1 Å². The van der Waals surface area contributed by atoms with Gasteiger partial charge in [-0.2, -0.15) is 0 Å². The SMILES string of the molecule is CCOc1cc(C2c3c(oc4cc(C)c(C)cc4c3=O)C(=O)N2c2cccc(C)n2)ccc1O. The number of rotatable bonds is 4. The molecule has 1 unspecified atom stereocenters. The summed E-state index contributed by atoms with van der Waals surface area (Å²) >= 11 is 0. The summed E-state index contributed by atoms with van der Waals surface area (Å²) in [5.74, 6) is 0.214. The summed E-state index contributed by atoms with van der Waals surface area (Å²) in [5.41, 5.74) is 3.62. The van der Waals surface area contributed by atoms with Crippen LogP contribution in [0.5, 0.6) is 11.5 Å².